The molecule has 0 radical (unpaired) electrons. The topological polar surface area (TPSA) is 55.9 Å². The summed E-state index contributed by atoms with van der Waals surface area (Å²) in [6.07, 6.45) is 5.93. The summed E-state index contributed by atoms with van der Waals surface area (Å²) in [4.78, 5) is 0. The molecule has 3 N–H and O–H groups in total. The van der Waals surface area contributed by atoms with E-state index in [1.165, 1.54) is 0 Å². The van der Waals surface area contributed by atoms with E-state index >= 15 is 0 Å². The van der Waals surface area contributed by atoms with Crippen LogP contribution in [0.4, 0.5) is 4.39 Å². The van der Waals surface area contributed by atoms with Gasteiger partial charge in [0.1, 0.15) is 5.82 Å². The van der Waals surface area contributed by atoms with Crippen molar-refractivity contribution in [1.29, 1.82) is 0 Å². The molecule has 0 fully saturated rings. The second kappa shape index (κ2) is 6.83. The van der Waals surface area contributed by atoms with E-state index in [2.05, 4.69) is 10.5 Å². The van der Waals surface area contributed by atoms with Crippen LogP contribution in [0.1, 0.15) is 17.5 Å². The summed E-state index contributed by atoms with van der Waals surface area (Å²) in [5, 5.41) is 4.26. The largest absolute Gasteiger partial charge is 0.276 e. The van der Waals surface area contributed by atoms with Gasteiger partial charge in [-0.1, -0.05) is 23.7 Å². The lowest BCUT2D eigenvalue weighted by atomic mass is 10.0. The van der Waals surface area contributed by atoms with Crippen molar-refractivity contribution < 1.29 is 4.39 Å². The number of rotatable bonds is 6. The van der Waals surface area contributed by atoms with Gasteiger partial charge in [0.25, 0.3) is 0 Å². The summed E-state index contributed by atoms with van der Waals surface area (Å²) < 4.78 is 15.6. The first-order chi connectivity index (χ1) is 9.60. The van der Waals surface area contributed by atoms with E-state index in [9.17, 15) is 4.39 Å². The van der Waals surface area contributed by atoms with Crippen LogP contribution >= 0.6 is 11.6 Å². The summed E-state index contributed by atoms with van der Waals surface area (Å²) in [7, 11) is 1.88. The Morgan fingerprint density at radius 3 is 2.95 bits per heavy atom. The highest BCUT2D eigenvalue weighted by Gasteiger charge is 2.13. The zero-order chi connectivity index (χ0) is 14.5. The maximum atomic E-state index is 13.9. The van der Waals surface area contributed by atoms with Gasteiger partial charge in [0.2, 0.25) is 0 Å². The summed E-state index contributed by atoms with van der Waals surface area (Å²) in [6, 6.07) is 5.01. The number of hydrazine groups is 1. The molecule has 2 aromatic rings. The molecule has 20 heavy (non-hydrogen) atoms. The standard InChI is InChI=1S/C14H18ClFN4/c1-20-9-10(8-18-20)5-6-12(19-17)7-11-3-2-4-13(15)14(11)16/h2-4,8-9,12,19H,5-7,17H2,1H3. The molecule has 0 bridgehead atoms. The Morgan fingerprint density at radius 2 is 2.30 bits per heavy atom. The quantitative estimate of drug-likeness (QED) is 0.635. The van der Waals surface area contributed by atoms with Crippen LogP contribution in [0.2, 0.25) is 5.02 Å². The van der Waals surface area contributed by atoms with Gasteiger partial charge in [0.15, 0.2) is 0 Å². The normalized spacial score (nSPS) is 12.6. The number of hydrogen-bond donors (Lipinski definition) is 2. The van der Waals surface area contributed by atoms with Gasteiger partial charge in [-0.05, 0) is 36.5 Å². The van der Waals surface area contributed by atoms with E-state index in [1.807, 2.05) is 19.4 Å². The minimum Gasteiger partial charge on any atom is -0.276 e. The molecule has 0 spiro atoms. The number of aryl methyl sites for hydroxylation is 2. The monoisotopic (exact) mass is 296 g/mol. The molecule has 1 atom stereocenters. The molecule has 0 saturated heterocycles. The van der Waals surface area contributed by atoms with E-state index in [0.717, 1.165) is 18.4 Å². The van der Waals surface area contributed by atoms with E-state index in [1.54, 1.807) is 22.9 Å². The summed E-state index contributed by atoms with van der Waals surface area (Å²) in [5.74, 6) is 5.19. The lowest BCUT2D eigenvalue weighted by molar-refractivity contribution is 0.480. The third kappa shape index (κ3) is 3.79. The molecule has 0 saturated carbocycles. The van der Waals surface area contributed by atoms with Crippen LogP contribution in [0.25, 0.3) is 0 Å². The van der Waals surface area contributed by atoms with Gasteiger partial charge in [-0.2, -0.15) is 5.10 Å². The molecule has 1 heterocycles. The number of hydrogen-bond acceptors (Lipinski definition) is 3. The minimum atomic E-state index is -0.365. The first-order valence-corrected chi connectivity index (χ1v) is 6.84. The van der Waals surface area contributed by atoms with Crippen molar-refractivity contribution in [3.63, 3.8) is 0 Å². The molecule has 1 unspecified atom stereocenters. The van der Waals surface area contributed by atoms with Crippen LogP contribution < -0.4 is 11.3 Å². The Balaban J connectivity index is 1.96. The Labute approximate surface area is 122 Å². The number of benzene rings is 1. The molecule has 0 aliphatic carbocycles. The fourth-order valence-corrected chi connectivity index (χ4v) is 2.35. The second-order valence-corrected chi connectivity index (χ2v) is 5.25. The molecule has 0 aliphatic heterocycles. The summed E-state index contributed by atoms with van der Waals surface area (Å²) in [6.45, 7) is 0. The second-order valence-electron chi connectivity index (χ2n) is 4.84. The van der Waals surface area contributed by atoms with Crippen molar-refractivity contribution >= 4 is 11.6 Å². The number of halogens is 2. The van der Waals surface area contributed by atoms with Crippen LogP contribution in [0.3, 0.4) is 0 Å². The highest BCUT2D eigenvalue weighted by molar-refractivity contribution is 6.30. The molecule has 6 heteroatoms. The summed E-state index contributed by atoms with van der Waals surface area (Å²) >= 11 is 5.78. The smallest absolute Gasteiger partial charge is 0.145 e. The Hall–Kier alpha value is -1.43. The van der Waals surface area contributed by atoms with Crippen molar-refractivity contribution in [2.24, 2.45) is 12.9 Å². The van der Waals surface area contributed by atoms with Gasteiger partial charge in [-0.15, -0.1) is 0 Å². The maximum Gasteiger partial charge on any atom is 0.145 e. The van der Waals surface area contributed by atoms with Gasteiger partial charge in [0.05, 0.1) is 11.2 Å². The molecule has 0 aliphatic rings. The van der Waals surface area contributed by atoms with Crippen molar-refractivity contribution in [2.45, 2.75) is 25.3 Å². The van der Waals surface area contributed by atoms with Gasteiger partial charge < -0.3 is 0 Å². The minimum absolute atomic E-state index is 0.0110. The predicted octanol–water partition coefficient (Wildman–Crippen LogP) is 2.22. The zero-order valence-electron chi connectivity index (χ0n) is 11.3. The molecule has 1 aromatic carbocycles. The summed E-state index contributed by atoms with van der Waals surface area (Å²) in [5.41, 5.74) is 4.45. The van der Waals surface area contributed by atoms with Crippen LogP contribution in [0.5, 0.6) is 0 Å². The van der Waals surface area contributed by atoms with Crippen molar-refractivity contribution in [3.05, 3.63) is 52.6 Å². The van der Waals surface area contributed by atoms with Crippen molar-refractivity contribution in [3.8, 4) is 0 Å². The first-order valence-electron chi connectivity index (χ1n) is 6.46. The van der Waals surface area contributed by atoms with E-state index in [0.29, 0.717) is 12.0 Å². The van der Waals surface area contributed by atoms with Crippen molar-refractivity contribution in [1.82, 2.24) is 15.2 Å². The van der Waals surface area contributed by atoms with Gasteiger partial charge in [-0.3, -0.25) is 16.0 Å². The SMILES string of the molecule is Cn1cc(CCC(Cc2cccc(Cl)c2F)NN)cn1. The lowest BCUT2D eigenvalue weighted by Crippen LogP contribution is -2.37. The van der Waals surface area contributed by atoms with Gasteiger partial charge >= 0.3 is 0 Å². The van der Waals surface area contributed by atoms with E-state index in [4.69, 9.17) is 17.4 Å². The molecular formula is C14H18ClFN4. The van der Waals surface area contributed by atoms with Gasteiger partial charge in [-0.25, -0.2) is 4.39 Å². The molecule has 108 valence electrons. The molecule has 4 nitrogen and oxygen atoms in total. The van der Waals surface area contributed by atoms with Crippen LogP contribution in [0.15, 0.2) is 30.6 Å². The Bertz CT molecular complexity index is 570. The fourth-order valence-electron chi connectivity index (χ4n) is 2.16. The average Bonchev–Trinajstić information content (AvgIpc) is 2.85. The number of nitrogens with one attached hydrogen (secondary N) is 1. The fraction of sp³-hybridized carbons (Fsp3) is 0.357. The molecule has 0 amide bonds. The third-order valence-corrected chi connectivity index (χ3v) is 3.57. The van der Waals surface area contributed by atoms with Gasteiger partial charge in [0, 0.05) is 19.3 Å². The molecule has 1 aromatic heterocycles. The number of aromatic nitrogens is 2. The van der Waals surface area contributed by atoms with E-state index < -0.39 is 0 Å². The van der Waals surface area contributed by atoms with Crippen molar-refractivity contribution in [2.75, 3.05) is 0 Å². The molecule has 2 rings (SSSR count). The Kier molecular flexibility index (Phi) is 5.11. The first kappa shape index (κ1) is 15.0. The highest BCUT2D eigenvalue weighted by Crippen LogP contribution is 2.20. The predicted molar refractivity (Wildman–Crippen MR) is 77.8 cm³/mol. The average molecular weight is 297 g/mol. The lowest BCUT2D eigenvalue weighted by Gasteiger charge is -2.16. The van der Waals surface area contributed by atoms with Crippen LogP contribution in [-0.4, -0.2) is 15.8 Å². The number of nitrogens with zero attached hydrogens (tertiary/aromatic N) is 2. The van der Waals surface area contributed by atoms with E-state index in [-0.39, 0.29) is 16.9 Å². The van der Waals surface area contributed by atoms with Crippen LogP contribution in [-0.2, 0) is 19.9 Å². The third-order valence-electron chi connectivity index (χ3n) is 3.27. The Morgan fingerprint density at radius 1 is 1.50 bits per heavy atom. The molecular weight excluding hydrogens is 279 g/mol. The highest BCUT2D eigenvalue weighted by atomic mass is 35.5. The van der Waals surface area contributed by atoms with Crippen LogP contribution in [0, 0.1) is 5.82 Å². The maximum absolute atomic E-state index is 13.9. The number of nitrogens with two attached hydrogens (primary N) is 1. The zero-order valence-corrected chi connectivity index (χ0v) is 12.1.